The molecule has 4 rings (SSSR count). The number of benzene rings is 3. The lowest BCUT2D eigenvalue weighted by Crippen LogP contribution is -2.44. The fourth-order valence-corrected chi connectivity index (χ4v) is 4.83. The maximum atomic E-state index is 11.8. The Morgan fingerprint density at radius 3 is 2.41 bits per heavy atom. The molecule has 0 radical (unpaired) electrons. The van der Waals surface area contributed by atoms with Crippen molar-refractivity contribution in [3.05, 3.63) is 82.4 Å². The van der Waals surface area contributed by atoms with Gasteiger partial charge in [0.2, 0.25) is 0 Å². The van der Waals surface area contributed by atoms with Gasteiger partial charge in [-0.2, -0.15) is 0 Å². The topological polar surface area (TPSA) is 69.3 Å². The van der Waals surface area contributed by atoms with Crippen molar-refractivity contribution in [1.82, 2.24) is 4.90 Å². The molecule has 7 nitrogen and oxygen atoms in total. The summed E-state index contributed by atoms with van der Waals surface area (Å²) in [6.45, 7) is 5.23. The Balaban J connectivity index is 1.63. The second kappa shape index (κ2) is 11.5. The molecule has 0 amide bonds. The van der Waals surface area contributed by atoms with E-state index in [1.54, 1.807) is 38.5 Å². The van der Waals surface area contributed by atoms with E-state index in [0.717, 1.165) is 28.8 Å². The van der Waals surface area contributed by atoms with Crippen molar-refractivity contribution >= 4 is 29.0 Å². The number of anilines is 1. The van der Waals surface area contributed by atoms with Crippen molar-refractivity contribution in [2.45, 2.75) is 26.3 Å². The van der Waals surface area contributed by atoms with Crippen molar-refractivity contribution < 1.29 is 23.7 Å². The minimum absolute atomic E-state index is 0.172. The Morgan fingerprint density at radius 1 is 1.03 bits per heavy atom. The summed E-state index contributed by atoms with van der Waals surface area (Å²) in [6, 6.07) is 16.9. The van der Waals surface area contributed by atoms with E-state index >= 15 is 0 Å². The molecule has 3 aromatic carbocycles. The highest BCUT2D eigenvalue weighted by Gasteiger charge is 2.31. The predicted octanol–water partition coefficient (Wildman–Crippen LogP) is 5.48. The fourth-order valence-electron chi connectivity index (χ4n) is 4.50. The first-order valence-electron chi connectivity index (χ1n) is 12.1. The number of nitrogens with one attached hydrogen (secondary N) is 1. The lowest BCUT2D eigenvalue weighted by Gasteiger charge is -2.39. The third-order valence-corrected chi connectivity index (χ3v) is 7.13. The van der Waals surface area contributed by atoms with Crippen molar-refractivity contribution in [1.29, 1.82) is 0 Å². The molecule has 3 aromatic rings. The Bertz CT molecular complexity index is 1290. The van der Waals surface area contributed by atoms with Crippen molar-refractivity contribution in [2.75, 3.05) is 39.8 Å². The van der Waals surface area contributed by atoms with Crippen LogP contribution in [0, 0.1) is 13.8 Å². The first-order chi connectivity index (χ1) is 17.9. The maximum absolute atomic E-state index is 11.8. The number of esters is 1. The summed E-state index contributed by atoms with van der Waals surface area (Å²) in [5.74, 6) is 1.62. The van der Waals surface area contributed by atoms with E-state index in [9.17, 15) is 4.79 Å². The molecule has 8 heteroatoms. The number of ether oxygens (including phenoxy) is 4. The highest BCUT2D eigenvalue weighted by Crippen LogP contribution is 2.39. The van der Waals surface area contributed by atoms with Gasteiger partial charge in [-0.25, -0.2) is 4.79 Å². The van der Waals surface area contributed by atoms with Gasteiger partial charge in [-0.05, 0) is 97.2 Å². The van der Waals surface area contributed by atoms with Crippen LogP contribution < -0.4 is 19.5 Å². The van der Waals surface area contributed by atoms with E-state index < -0.39 is 0 Å². The normalized spacial score (nSPS) is 14.4. The quantitative estimate of drug-likeness (QED) is 0.324. The minimum Gasteiger partial charge on any atom is -0.493 e. The van der Waals surface area contributed by atoms with Gasteiger partial charge in [0, 0.05) is 12.2 Å². The number of methoxy groups -OCH3 is 3. The molecule has 1 N–H and O–H groups in total. The van der Waals surface area contributed by atoms with Crippen molar-refractivity contribution in [2.24, 2.45) is 0 Å². The van der Waals surface area contributed by atoms with Gasteiger partial charge in [0.1, 0.15) is 12.4 Å². The Morgan fingerprint density at radius 2 is 1.73 bits per heavy atom. The smallest absolute Gasteiger partial charge is 0.337 e. The number of hydrogen-bond acceptors (Lipinski definition) is 6. The first-order valence-corrected chi connectivity index (χ1v) is 12.5. The van der Waals surface area contributed by atoms with Crippen molar-refractivity contribution in [3.8, 4) is 17.2 Å². The summed E-state index contributed by atoms with van der Waals surface area (Å²) in [6.07, 6.45) is 0.800. The van der Waals surface area contributed by atoms with Gasteiger partial charge in [-0.3, -0.25) is 0 Å². The molecule has 0 spiro atoms. The van der Waals surface area contributed by atoms with Crippen LogP contribution in [0.5, 0.6) is 17.2 Å². The molecular formula is C29H32N2O5S. The van der Waals surface area contributed by atoms with Gasteiger partial charge in [0.05, 0.1) is 32.9 Å². The van der Waals surface area contributed by atoms with Gasteiger partial charge >= 0.3 is 5.97 Å². The summed E-state index contributed by atoms with van der Waals surface area (Å²) in [4.78, 5) is 13.9. The maximum Gasteiger partial charge on any atom is 0.337 e. The van der Waals surface area contributed by atoms with Crippen LogP contribution >= 0.6 is 12.2 Å². The monoisotopic (exact) mass is 520 g/mol. The van der Waals surface area contributed by atoms with Crippen LogP contribution in [0.1, 0.15) is 38.7 Å². The molecule has 0 fully saturated rings. The zero-order chi connectivity index (χ0) is 26.5. The third-order valence-electron chi connectivity index (χ3n) is 6.79. The molecule has 0 unspecified atom stereocenters. The molecule has 37 heavy (non-hydrogen) atoms. The first kappa shape index (κ1) is 26.3. The van der Waals surface area contributed by atoms with Gasteiger partial charge in [0.15, 0.2) is 16.6 Å². The Labute approximate surface area is 223 Å². The molecule has 1 aliphatic heterocycles. The molecule has 1 atom stereocenters. The molecule has 1 heterocycles. The second-order valence-corrected chi connectivity index (χ2v) is 9.26. The summed E-state index contributed by atoms with van der Waals surface area (Å²) < 4.78 is 22.1. The highest BCUT2D eigenvalue weighted by atomic mass is 32.1. The third kappa shape index (κ3) is 5.64. The summed E-state index contributed by atoms with van der Waals surface area (Å²) >= 11 is 5.92. The van der Waals surface area contributed by atoms with Gasteiger partial charge < -0.3 is 29.2 Å². The Kier molecular flexibility index (Phi) is 8.18. The summed E-state index contributed by atoms with van der Waals surface area (Å²) in [5.41, 5.74) is 6.05. The van der Waals surface area contributed by atoms with Crippen LogP contribution in [0.15, 0.2) is 54.6 Å². The SMILES string of the molecule is COC(=O)c1ccc(OC[C@@H]2c3cc(OC)c(OC)cc3CCN2C(=S)Nc2cccc(C)c2C)cc1. The number of carbonyl (C=O) groups excluding carboxylic acids is 1. The number of carbonyl (C=O) groups is 1. The molecule has 0 saturated carbocycles. The van der Waals surface area contributed by atoms with E-state index in [1.807, 2.05) is 24.3 Å². The standard InChI is InChI=1S/C29H32N2O5S/c1-18-7-6-8-24(19(18)2)30-29(37)31-14-13-21-15-26(33-3)27(34-4)16-23(21)25(31)17-36-22-11-9-20(10-12-22)28(32)35-5/h6-12,15-16,25H,13-14,17H2,1-5H3,(H,30,37)/t25-/m1/s1. The summed E-state index contributed by atoms with van der Waals surface area (Å²) in [5, 5.41) is 4.08. The summed E-state index contributed by atoms with van der Waals surface area (Å²) in [7, 11) is 4.63. The van der Waals surface area contributed by atoms with E-state index in [4.69, 9.17) is 31.2 Å². The van der Waals surface area contributed by atoms with E-state index in [-0.39, 0.29) is 12.0 Å². The molecule has 0 aromatic heterocycles. The van der Waals surface area contributed by atoms with Crippen LogP contribution in [0.25, 0.3) is 0 Å². The minimum atomic E-state index is -0.386. The van der Waals surface area contributed by atoms with Crippen LogP contribution in [0.2, 0.25) is 0 Å². The number of aryl methyl sites for hydroxylation is 1. The van der Waals surface area contributed by atoms with Gasteiger partial charge in [-0.15, -0.1) is 0 Å². The molecule has 0 aliphatic carbocycles. The van der Waals surface area contributed by atoms with E-state index in [1.165, 1.54) is 12.7 Å². The zero-order valence-electron chi connectivity index (χ0n) is 21.8. The second-order valence-electron chi connectivity index (χ2n) is 8.87. The van der Waals surface area contributed by atoms with E-state index in [2.05, 4.69) is 30.1 Å². The number of fused-ring (bicyclic) bond motifs is 1. The van der Waals surface area contributed by atoms with Crippen LogP contribution in [-0.4, -0.2) is 50.5 Å². The molecule has 1 aliphatic rings. The molecule has 0 saturated heterocycles. The highest BCUT2D eigenvalue weighted by molar-refractivity contribution is 7.80. The fraction of sp³-hybridized carbons (Fsp3) is 0.310. The molecular weight excluding hydrogens is 488 g/mol. The van der Waals surface area contributed by atoms with Gasteiger partial charge in [-0.1, -0.05) is 12.1 Å². The van der Waals surface area contributed by atoms with E-state index in [0.29, 0.717) is 41.1 Å². The zero-order valence-corrected chi connectivity index (χ0v) is 22.6. The molecule has 194 valence electrons. The average molecular weight is 521 g/mol. The average Bonchev–Trinajstić information content (AvgIpc) is 2.93. The van der Waals surface area contributed by atoms with Gasteiger partial charge in [0.25, 0.3) is 0 Å². The van der Waals surface area contributed by atoms with Crippen LogP contribution in [-0.2, 0) is 11.2 Å². The van der Waals surface area contributed by atoms with Crippen LogP contribution in [0.3, 0.4) is 0 Å². The van der Waals surface area contributed by atoms with Crippen LogP contribution in [0.4, 0.5) is 5.69 Å². The number of rotatable bonds is 7. The number of thiocarbonyl (C=S) groups is 1. The lowest BCUT2D eigenvalue weighted by atomic mass is 9.92. The van der Waals surface area contributed by atoms with Crippen molar-refractivity contribution in [3.63, 3.8) is 0 Å². The predicted molar refractivity (Wildman–Crippen MR) is 148 cm³/mol. The molecule has 0 bridgehead atoms. The Hall–Kier alpha value is -3.78. The number of nitrogens with zero attached hydrogens (tertiary/aromatic N) is 1. The number of hydrogen-bond donors (Lipinski definition) is 1. The lowest BCUT2D eigenvalue weighted by molar-refractivity contribution is 0.0600. The largest absolute Gasteiger partial charge is 0.493 e.